The summed E-state index contributed by atoms with van der Waals surface area (Å²) in [6.07, 6.45) is 2.50. The van der Waals surface area contributed by atoms with Crippen LogP contribution in [0.15, 0.2) is 24.3 Å². The molecular weight excluding hydrogens is 304 g/mol. The van der Waals surface area contributed by atoms with Crippen molar-refractivity contribution in [3.05, 3.63) is 35.4 Å². The molecule has 0 spiro atoms. The Bertz CT molecular complexity index is 568. The number of hydrogen-bond donors (Lipinski definition) is 2. The zero-order valence-corrected chi connectivity index (χ0v) is 14.8. The molecular formula is C19H28N2O3. The summed E-state index contributed by atoms with van der Waals surface area (Å²) in [6.45, 7) is 7.16. The Balaban J connectivity index is 1.88. The van der Waals surface area contributed by atoms with Gasteiger partial charge in [0.25, 0.3) is 0 Å². The first-order valence-electron chi connectivity index (χ1n) is 8.72. The molecule has 1 aliphatic rings. The van der Waals surface area contributed by atoms with Crippen LogP contribution in [0.4, 0.5) is 0 Å². The summed E-state index contributed by atoms with van der Waals surface area (Å²) in [4.78, 5) is 25.1. The SMILES string of the molecule is CC(C)Cc1ccc(C(C)NC(=O)CN2CCC[C@H]2C(=O)O)cc1. The maximum absolute atomic E-state index is 12.2. The third kappa shape index (κ3) is 5.06. The van der Waals surface area contributed by atoms with Crippen molar-refractivity contribution >= 4 is 11.9 Å². The molecule has 0 aromatic heterocycles. The van der Waals surface area contributed by atoms with Crippen LogP contribution in [0.5, 0.6) is 0 Å². The first-order chi connectivity index (χ1) is 11.4. The largest absolute Gasteiger partial charge is 0.480 e. The number of hydrogen-bond acceptors (Lipinski definition) is 3. The molecule has 1 heterocycles. The third-order valence-electron chi connectivity index (χ3n) is 4.50. The maximum atomic E-state index is 12.2. The summed E-state index contributed by atoms with van der Waals surface area (Å²) in [6, 6.07) is 7.72. The molecule has 1 amide bonds. The van der Waals surface area contributed by atoms with Crippen LogP contribution < -0.4 is 5.32 Å². The van der Waals surface area contributed by atoms with Gasteiger partial charge in [-0.2, -0.15) is 0 Å². The molecule has 1 aromatic carbocycles. The summed E-state index contributed by atoms with van der Waals surface area (Å²) in [5.74, 6) is -0.341. The van der Waals surface area contributed by atoms with E-state index in [4.69, 9.17) is 0 Å². The second kappa shape index (κ2) is 8.29. The average molecular weight is 332 g/mol. The number of carbonyl (C=O) groups is 2. The Morgan fingerprint density at radius 1 is 1.25 bits per heavy atom. The Morgan fingerprint density at radius 2 is 1.92 bits per heavy atom. The number of rotatable bonds is 7. The molecule has 2 N–H and O–H groups in total. The predicted octanol–water partition coefficient (Wildman–Crippen LogP) is 2.61. The number of likely N-dealkylation sites (tertiary alicyclic amines) is 1. The van der Waals surface area contributed by atoms with E-state index in [1.165, 1.54) is 5.56 Å². The van der Waals surface area contributed by atoms with Gasteiger partial charge in [-0.05, 0) is 49.8 Å². The number of nitrogens with one attached hydrogen (secondary N) is 1. The molecule has 0 radical (unpaired) electrons. The van der Waals surface area contributed by atoms with Gasteiger partial charge in [0.05, 0.1) is 12.6 Å². The molecule has 1 fully saturated rings. The summed E-state index contributed by atoms with van der Waals surface area (Å²) >= 11 is 0. The van der Waals surface area contributed by atoms with Crippen molar-refractivity contribution in [1.29, 1.82) is 0 Å². The van der Waals surface area contributed by atoms with Gasteiger partial charge < -0.3 is 10.4 Å². The van der Waals surface area contributed by atoms with Crippen molar-refractivity contribution in [2.24, 2.45) is 5.92 Å². The molecule has 5 heteroatoms. The summed E-state index contributed by atoms with van der Waals surface area (Å²) in [5, 5.41) is 12.1. The van der Waals surface area contributed by atoms with Crippen LogP contribution in [-0.4, -0.2) is 41.0 Å². The van der Waals surface area contributed by atoms with Crippen LogP contribution in [0.1, 0.15) is 50.8 Å². The monoisotopic (exact) mass is 332 g/mol. The van der Waals surface area contributed by atoms with E-state index in [-0.39, 0.29) is 18.5 Å². The van der Waals surface area contributed by atoms with E-state index in [0.717, 1.165) is 18.4 Å². The lowest BCUT2D eigenvalue weighted by Crippen LogP contribution is -2.43. The lowest BCUT2D eigenvalue weighted by Gasteiger charge is -2.22. The third-order valence-corrected chi connectivity index (χ3v) is 4.50. The van der Waals surface area contributed by atoms with Crippen LogP contribution >= 0.6 is 0 Å². The van der Waals surface area contributed by atoms with Gasteiger partial charge in [-0.1, -0.05) is 38.1 Å². The second-order valence-corrected chi connectivity index (χ2v) is 7.10. The molecule has 5 nitrogen and oxygen atoms in total. The Morgan fingerprint density at radius 3 is 2.50 bits per heavy atom. The van der Waals surface area contributed by atoms with E-state index < -0.39 is 12.0 Å². The molecule has 0 bridgehead atoms. The van der Waals surface area contributed by atoms with E-state index in [1.807, 2.05) is 6.92 Å². The fourth-order valence-electron chi connectivity index (χ4n) is 3.26. The zero-order valence-electron chi connectivity index (χ0n) is 14.8. The number of carboxylic acids is 1. The number of amides is 1. The van der Waals surface area contributed by atoms with Crippen molar-refractivity contribution in [1.82, 2.24) is 10.2 Å². The summed E-state index contributed by atoms with van der Waals surface area (Å²) < 4.78 is 0. The maximum Gasteiger partial charge on any atom is 0.320 e. The smallest absolute Gasteiger partial charge is 0.320 e. The van der Waals surface area contributed by atoms with Gasteiger partial charge in [-0.25, -0.2) is 0 Å². The Labute approximate surface area is 144 Å². The molecule has 24 heavy (non-hydrogen) atoms. The van der Waals surface area contributed by atoms with Crippen molar-refractivity contribution in [2.75, 3.05) is 13.1 Å². The van der Waals surface area contributed by atoms with E-state index >= 15 is 0 Å². The van der Waals surface area contributed by atoms with Crippen LogP contribution in [0.3, 0.4) is 0 Å². The first-order valence-corrected chi connectivity index (χ1v) is 8.72. The standard InChI is InChI=1S/C19H28N2O3/c1-13(2)11-15-6-8-16(9-7-15)14(3)20-18(22)12-21-10-4-5-17(21)19(23)24/h6-9,13-14,17H,4-5,10-12H2,1-3H3,(H,20,22)(H,23,24)/t14?,17-/m0/s1. The lowest BCUT2D eigenvalue weighted by molar-refractivity contribution is -0.142. The minimum absolute atomic E-state index is 0.0866. The highest BCUT2D eigenvalue weighted by Gasteiger charge is 2.31. The fraction of sp³-hybridized carbons (Fsp3) is 0.579. The van der Waals surface area contributed by atoms with Gasteiger partial charge in [0.1, 0.15) is 6.04 Å². The van der Waals surface area contributed by atoms with Crippen LogP contribution in [0.25, 0.3) is 0 Å². The number of carbonyl (C=O) groups excluding carboxylic acids is 1. The van der Waals surface area contributed by atoms with Crippen molar-refractivity contribution < 1.29 is 14.7 Å². The van der Waals surface area contributed by atoms with Crippen LogP contribution in [0.2, 0.25) is 0 Å². The molecule has 1 unspecified atom stereocenters. The number of aliphatic carboxylic acids is 1. The topological polar surface area (TPSA) is 69.6 Å². The van der Waals surface area contributed by atoms with Crippen LogP contribution in [-0.2, 0) is 16.0 Å². The predicted molar refractivity (Wildman–Crippen MR) is 93.8 cm³/mol. The summed E-state index contributed by atoms with van der Waals surface area (Å²) in [7, 11) is 0. The molecule has 132 valence electrons. The minimum Gasteiger partial charge on any atom is -0.480 e. The summed E-state index contributed by atoms with van der Waals surface area (Å²) in [5.41, 5.74) is 2.36. The Hall–Kier alpha value is -1.88. The molecule has 2 rings (SSSR count). The highest BCUT2D eigenvalue weighted by Crippen LogP contribution is 2.18. The molecule has 1 aromatic rings. The van der Waals surface area contributed by atoms with Crippen molar-refractivity contribution in [3.8, 4) is 0 Å². The molecule has 0 aliphatic carbocycles. The number of carboxylic acid groups (broad SMARTS) is 1. The van der Waals surface area contributed by atoms with E-state index in [9.17, 15) is 14.7 Å². The van der Waals surface area contributed by atoms with Gasteiger partial charge in [-0.3, -0.25) is 14.5 Å². The van der Waals surface area contributed by atoms with Gasteiger partial charge >= 0.3 is 5.97 Å². The van der Waals surface area contributed by atoms with Gasteiger partial charge in [-0.15, -0.1) is 0 Å². The van der Waals surface area contributed by atoms with E-state index in [1.54, 1.807) is 4.90 Å². The molecule has 1 aliphatic heterocycles. The zero-order chi connectivity index (χ0) is 17.7. The van der Waals surface area contributed by atoms with Gasteiger partial charge in [0, 0.05) is 0 Å². The molecule has 0 saturated carbocycles. The normalized spacial score (nSPS) is 19.4. The van der Waals surface area contributed by atoms with Crippen LogP contribution in [0, 0.1) is 5.92 Å². The second-order valence-electron chi connectivity index (χ2n) is 7.10. The fourth-order valence-corrected chi connectivity index (χ4v) is 3.26. The number of benzene rings is 1. The van der Waals surface area contributed by atoms with Crippen molar-refractivity contribution in [3.63, 3.8) is 0 Å². The van der Waals surface area contributed by atoms with Gasteiger partial charge in [0.15, 0.2) is 0 Å². The lowest BCUT2D eigenvalue weighted by atomic mass is 10.00. The minimum atomic E-state index is -0.839. The molecule has 2 atom stereocenters. The molecule has 1 saturated heterocycles. The van der Waals surface area contributed by atoms with Gasteiger partial charge in [0.2, 0.25) is 5.91 Å². The Kier molecular flexibility index (Phi) is 6.37. The van der Waals surface area contributed by atoms with E-state index in [2.05, 4.69) is 43.4 Å². The van der Waals surface area contributed by atoms with Crippen molar-refractivity contribution in [2.45, 2.75) is 52.1 Å². The van der Waals surface area contributed by atoms with E-state index in [0.29, 0.717) is 18.9 Å². The quantitative estimate of drug-likeness (QED) is 0.805. The first kappa shape index (κ1) is 18.5. The highest BCUT2D eigenvalue weighted by molar-refractivity contribution is 5.80. The highest BCUT2D eigenvalue weighted by atomic mass is 16.4. The average Bonchev–Trinajstić information content (AvgIpc) is 2.95. The number of nitrogens with zero attached hydrogens (tertiary/aromatic N) is 1.